The Morgan fingerprint density at radius 3 is 2.52 bits per heavy atom. The summed E-state index contributed by atoms with van der Waals surface area (Å²) >= 11 is 0. The number of sulfonamides is 1. The third kappa shape index (κ3) is 4.48. The van der Waals surface area contributed by atoms with Crippen molar-refractivity contribution in [1.82, 2.24) is 9.29 Å². The van der Waals surface area contributed by atoms with Gasteiger partial charge in [-0.2, -0.15) is 31.4 Å². The summed E-state index contributed by atoms with van der Waals surface area (Å²) in [4.78, 5) is 11.8. The van der Waals surface area contributed by atoms with Crippen molar-refractivity contribution in [2.75, 3.05) is 11.9 Å². The topological polar surface area (TPSA) is 89.4 Å². The zero-order valence-corrected chi connectivity index (χ0v) is 16.3. The van der Waals surface area contributed by atoms with Crippen LogP contribution in [0, 0.1) is 11.6 Å². The number of anilines is 1. The minimum atomic E-state index is -4.91. The van der Waals surface area contributed by atoms with Gasteiger partial charge in [-0.25, -0.2) is 17.2 Å². The highest BCUT2D eigenvalue weighted by atomic mass is 32.2. The summed E-state index contributed by atoms with van der Waals surface area (Å²) in [6.07, 6.45) is -4.00. The summed E-state index contributed by atoms with van der Waals surface area (Å²) in [6, 6.07) is -0.00279. The number of fused-ring (bicyclic) bond motifs is 1. The average Bonchev–Trinajstić information content (AvgIpc) is 2.84. The van der Waals surface area contributed by atoms with E-state index in [1.165, 1.54) is 11.8 Å². The summed E-state index contributed by atoms with van der Waals surface area (Å²) in [5, 5.41) is 2.21. The van der Waals surface area contributed by atoms with Crippen LogP contribution in [0.1, 0.15) is 10.5 Å². The number of hydrogen-bond acceptors (Lipinski definition) is 4. The molecule has 160 valence electrons. The summed E-state index contributed by atoms with van der Waals surface area (Å²) in [6.45, 7) is -1.09. The normalized spacial score (nSPS) is 18.1. The molecule has 0 saturated carbocycles. The van der Waals surface area contributed by atoms with E-state index in [2.05, 4.69) is 5.32 Å². The Morgan fingerprint density at radius 1 is 1.28 bits per heavy atom. The lowest BCUT2D eigenvalue weighted by molar-refractivity contribution is -0.156. The number of nitrogens with one attached hydrogen (secondary N) is 2. The zero-order valence-electron chi connectivity index (χ0n) is 14.5. The van der Waals surface area contributed by atoms with E-state index in [-0.39, 0.29) is 19.2 Å². The van der Waals surface area contributed by atoms with Crippen LogP contribution in [-0.2, 0) is 17.1 Å². The molecule has 1 aromatic carbocycles. The molecule has 0 saturated heterocycles. The van der Waals surface area contributed by atoms with Gasteiger partial charge in [-0.1, -0.05) is 0 Å². The minimum absolute atomic E-state index is 0. The van der Waals surface area contributed by atoms with E-state index < -0.39 is 62.7 Å². The Labute approximate surface area is 168 Å². The largest absolute Gasteiger partial charge is 0.488 e. The number of nitrogens with zero attached hydrogens (tertiary/aromatic N) is 1. The molecule has 2 heterocycles. The fourth-order valence-corrected chi connectivity index (χ4v) is 3.95. The number of amides is 1. The van der Waals surface area contributed by atoms with Crippen LogP contribution >= 0.6 is 13.5 Å². The lowest BCUT2D eigenvalue weighted by Crippen LogP contribution is -2.47. The number of carbonyl (C=O) groups is 1. The van der Waals surface area contributed by atoms with E-state index in [1.807, 2.05) is 0 Å². The van der Waals surface area contributed by atoms with E-state index in [0.29, 0.717) is 6.07 Å². The second kappa shape index (κ2) is 7.84. The zero-order chi connectivity index (χ0) is 20.9. The molecule has 7 nitrogen and oxygen atoms in total. The predicted molar refractivity (Wildman–Crippen MR) is 95.8 cm³/mol. The molecule has 0 unspecified atom stereocenters. The third-order valence-corrected chi connectivity index (χ3v) is 5.34. The van der Waals surface area contributed by atoms with Crippen molar-refractivity contribution in [2.45, 2.75) is 17.1 Å². The van der Waals surface area contributed by atoms with Gasteiger partial charge in [-0.3, -0.25) is 4.79 Å². The van der Waals surface area contributed by atoms with Gasteiger partial charge >= 0.3 is 6.18 Å². The van der Waals surface area contributed by atoms with Crippen LogP contribution in [0.3, 0.4) is 0 Å². The van der Waals surface area contributed by atoms with Gasteiger partial charge in [0.15, 0.2) is 29.1 Å². The molecule has 3 rings (SSSR count). The van der Waals surface area contributed by atoms with Gasteiger partial charge in [0.2, 0.25) is 10.0 Å². The smallest absolute Gasteiger partial charge is 0.408 e. The SMILES string of the molecule is Cn1cc2c(c1C(=O)Nc1ccc(F)c(F)c1)OC[C@@H](C(F)(F)F)NS2(=O)=O.S. The number of ether oxygens (including phenoxy) is 1. The van der Waals surface area contributed by atoms with E-state index in [1.54, 1.807) is 0 Å². The third-order valence-electron chi connectivity index (χ3n) is 3.87. The van der Waals surface area contributed by atoms with Gasteiger partial charge in [-0.15, -0.1) is 0 Å². The molecular formula is C15H14F5N3O4S2. The van der Waals surface area contributed by atoms with E-state index >= 15 is 0 Å². The molecule has 1 atom stereocenters. The Balaban J connectivity index is 0.00000300. The average molecular weight is 459 g/mol. The molecule has 0 aliphatic carbocycles. The standard InChI is InChI=1S/C15H12F5N3O4S.H2S/c1-23-5-10-13(27-6-11(15(18,19)20)22-28(10,25)26)12(23)14(24)21-7-2-3-8(16)9(17)4-7;/h2-5,11,22H,6H2,1H3,(H,21,24);1H2/t11-;/m0./s1. The molecule has 1 aromatic heterocycles. The Bertz CT molecular complexity index is 1050. The maximum absolute atomic E-state index is 13.3. The second-order valence-corrected chi connectivity index (χ2v) is 7.57. The highest BCUT2D eigenvalue weighted by molar-refractivity contribution is 7.89. The summed E-state index contributed by atoms with van der Waals surface area (Å²) in [5.41, 5.74) is -0.561. The van der Waals surface area contributed by atoms with Crippen molar-refractivity contribution in [1.29, 1.82) is 0 Å². The summed E-state index contributed by atoms with van der Waals surface area (Å²) < 4.78 is 97.1. The fraction of sp³-hybridized carbons (Fsp3) is 0.267. The van der Waals surface area contributed by atoms with Crippen LogP contribution < -0.4 is 14.8 Å². The van der Waals surface area contributed by atoms with Gasteiger partial charge in [0, 0.05) is 25.0 Å². The first-order valence-corrected chi connectivity index (χ1v) is 9.06. The van der Waals surface area contributed by atoms with Crippen LogP contribution in [0.25, 0.3) is 0 Å². The number of carbonyl (C=O) groups excluding carboxylic acids is 1. The van der Waals surface area contributed by atoms with Crippen LogP contribution in [-0.4, -0.2) is 37.7 Å². The van der Waals surface area contributed by atoms with Crippen molar-refractivity contribution in [2.24, 2.45) is 7.05 Å². The number of hydrogen-bond donors (Lipinski definition) is 2. The molecule has 1 aliphatic heterocycles. The van der Waals surface area contributed by atoms with Gasteiger partial charge < -0.3 is 14.6 Å². The quantitative estimate of drug-likeness (QED) is 0.675. The number of rotatable bonds is 2. The number of aromatic nitrogens is 1. The van der Waals surface area contributed by atoms with Crippen LogP contribution in [0.2, 0.25) is 0 Å². The molecule has 0 spiro atoms. The van der Waals surface area contributed by atoms with Crippen LogP contribution in [0.5, 0.6) is 5.75 Å². The van der Waals surface area contributed by atoms with Crippen molar-refractivity contribution >= 4 is 35.1 Å². The number of alkyl halides is 3. The van der Waals surface area contributed by atoms with Gasteiger partial charge in [-0.05, 0) is 12.1 Å². The number of aryl methyl sites for hydroxylation is 1. The Morgan fingerprint density at radius 2 is 1.93 bits per heavy atom. The maximum atomic E-state index is 13.3. The van der Waals surface area contributed by atoms with Crippen molar-refractivity contribution < 1.29 is 39.9 Å². The van der Waals surface area contributed by atoms with Crippen molar-refractivity contribution in [3.63, 3.8) is 0 Å². The molecular weight excluding hydrogens is 445 g/mol. The van der Waals surface area contributed by atoms with Gasteiger partial charge in [0.1, 0.15) is 11.5 Å². The molecule has 14 heteroatoms. The minimum Gasteiger partial charge on any atom is -0.488 e. The first kappa shape index (κ1) is 23.0. The van der Waals surface area contributed by atoms with Crippen LogP contribution in [0.15, 0.2) is 29.3 Å². The molecule has 1 amide bonds. The second-order valence-electron chi connectivity index (χ2n) is 5.89. The first-order valence-electron chi connectivity index (χ1n) is 7.57. The lowest BCUT2D eigenvalue weighted by atomic mass is 10.2. The van der Waals surface area contributed by atoms with Crippen molar-refractivity contribution in [3.8, 4) is 5.75 Å². The molecule has 2 aromatic rings. The molecule has 0 fully saturated rings. The highest BCUT2D eigenvalue weighted by Gasteiger charge is 2.46. The lowest BCUT2D eigenvalue weighted by Gasteiger charge is -2.18. The number of halogens is 5. The highest BCUT2D eigenvalue weighted by Crippen LogP contribution is 2.35. The van der Waals surface area contributed by atoms with E-state index in [9.17, 15) is 35.2 Å². The molecule has 2 N–H and O–H groups in total. The monoisotopic (exact) mass is 459 g/mol. The molecule has 29 heavy (non-hydrogen) atoms. The van der Waals surface area contributed by atoms with E-state index in [0.717, 1.165) is 22.9 Å². The number of benzene rings is 1. The predicted octanol–water partition coefficient (Wildman–Crippen LogP) is 2.27. The van der Waals surface area contributed by atoms with E-state index in [4.69, 9.17) is 4.74 Å². The first-order chi connectivity index (χ1) is 12.9. The summed E-state index contributed by atoms with van der Waals surface area (Å²) in [7, 11) is -3.36. The van der Waals surface area contributed by atoms with Crippen molar-refractivity contribution in [3.05, 3.63) is 41.7 Å². The fourth-order valence-electron chi connectivity index (χ4n) is 2.55. The Hall–Kier alpha value is -2.32. The molecule has 0 radical (unpaired) electrons. The Kier molecular flexibility index (Phi) is 6.20. The van der Waals surface area contributed by atoms with Gasteiger partial charge in [0.25, 0.3) is 5.91 Å². The van der Waals surface area contributed by atoms with Gasteiger partial charge in [0.05, 0.1) is 0 Å². The molecule has 0 bridgehead atoms. The molecule has 1 aliphatic rings. The maximum Gasteiger partial charge on any atom is 0.408 e. The summed E-state index contributed by atoms with van der Waals surface area (Å²) in [5.74, 6) is -3.96. The van der Waals surface area contributed by atoms with Crippen LogP contribution in [0.4, 0.5) is 27.6 Å².